The van der Waals surface area contributed by atoms with Crippen molar-refractivity contribution in [1.29, 1.82) is 0 Å². The number of nitrogen functional groups attached to an aromatic ring is 2. The van der Waals surface area contributed by atoms with Gasteiger partial charge >= 0.3 is 0 Å². The highest BCUT2D eigenvalue weighted by molar-refractivity contribution is 5.61. The highest BCUT2D eigenvalue weighted by Gasteiger charge is 2.04. The predicted octanol–water partition coefficient (Wildman–Crippen LogP) is 3.10. The van der Waals surface area contributed by atoms with Crippen molar-refractivity contribution in [2.45, 2.75) is 0 Å². The molecule has 0 atom stereocenters. The van der Waals surface area contributed by atoms with Crippen molar-refractivity contribution in [1.82, 2.24) is 9.97 Å². The summed E-state index contributed by atoms with van der Waals surface area (Å²) >= 11 is 0. The maximum atomic E-state index is 5.85. The molecule has 21 heavy (non-hydrogen) atoms. The number of pyridine rings is 2. The number of hydrogen-bond acceptors (Lipinski definition) is 5. The normalized spacial score (nSPS) is 10.3. The minimum Gasteiger partial charge on any atom is -0.454 e. The van der Waals surface area contributed by atoms with Gasteiger partial charge in [-0.1, -0.05) is 6.07 Å². The SMILES string of the molecule is Nc1ccc(Oc2ccc(-c3ccccn3)nc2)c(N)c1. The molecule has 0 aliphatic carbocycles. The van der Waals surface area contributed by atoms with E-state index < -0.39 is 0 Å². The monoisotopic (exact) mass is 278 g/mol. The largest absolute Gasteiger partial charge is 0.454 e. The fourth-order valence-electron chi connectivity index (χ4n) is 1.89. The number of aromatic nitrogens is 2. The fourth-order valence-corrected chi connectivity index (χ4v) is 1.89. The standard InChI is InChI=1S/C16H14N4O/c17-11-4-7-16(13(18)9-11)21-12-5-6-15(20-10-12)14-3-1-2-8-19-14/h1-10H,17-18H2. The topological polar surface area (TPSA) is 87.0 Å². The van der Waals surface area contributed by atoms with Crippen molar-refractivity contribution < 1.29 is 4.74 Å². The van der Waals surface area contributed by atoms with Crippen LogP contribution in [-0.2, 0) is 0 Å². The molecule has 0 amide bonds. The summed E-state index contributed by atoms with van der Waals surface area (Å²) < 4.78 is 5.69. The van der Waals surface area contributed by atoms with Crippen molar-refractivity contribution in [3.8, 4) is 22.9 Å². The van der Waals surface area contributed by atoms with E-state index in [1.807, 2.05) is 30.3 Å². The third-order valence-electron chi connectivity index (χ3n) is 2.93. The molecule has 5 heteroatoms. The minimum absolute atomic E-state index is 0.490. The molecule has 2 heterocycles. The van der Waals surface area contributed by atoms with E-state index in [0.717, 1.165) is 11.4 Å². The van der Waals surface area contributed by atoms with Gasteiger partial charge in [0, 0.05) is 11.9 Å². The summed E-state index contributed by atoms with van der Waals surface area (Å²) in [6.07, 6.45) is 3.37. The molecule has 1 aromatic carbocycles. The molecule has 0 saturated carbocycles. The molecule has 0 spiro atoms. The summed E-state index contributed by atoms with van der Waals surface area (Å²) in [5.74, 6) is 1.16. The van der Waals surface area contributed by atoms with Gasteiger partial charge < -0.3 is 16.2 Å². The van der Waals surface area contributed by atoms with Crippen molar-refractivity contribution in [2.24, 2.45) is 0 Å². The van der Waals surface area contributed by atoms with E-state index in [1.54, 1.807) is 30.6 Å². The van der Waals surface area contributed by atoms with Crippen LogP contribution in [0.1, 0.15) is 0 Å². The Kier molecular flexibility index (Phi) is 3.39. The molecule has 5 nitrogen and oxygen atoms in total. The highest BCUT2D eigenvalue weighted by Crippen LogP contribution is 2.29. The lowest BCUT2D eigenvalue weighted by atomic mass is 10.2. The molecule has 3 aromatic rings. The zero-order valence-electron chi connectivity index (χ0n) is 11.2. The van der Waals surface area contributed by atoms with E-state index in [2.05, 4.69) is 9.97 Å². The second-order valence-corrected chi connectivity index (χ2v) is 4.49. The van der Waals surface area contributed by atoms with Gasteiger partial charge in [-0.2, -0.15) is 0 Å². The summed E-state index contributed by atoms with van der Waals surface area (Å²) in [5.41, 5.74) is 14.2. The van der Waals surface area contributed by atoms with Gasteiger partial charge in [0.1, 0.15) is 5.75 Å². The van der Waals surface area contributed by atoms with Crippen LogP contribution in [0, 0.1) is 0 Å². The second-order valence-electron chi connectivity index (χ2n) is 4.49. The summed E-state index contributed by atoms with van der Waals surface area (Å²) in [6, 6.07) is 14.5. The average molecular weight is 278 g/mol. The summed E-state index contributed by atoms with van der Waals surface area (Å²) in [5, 5.41) is 0. The Labute approximate surface area is 122 Å². The first-order valence-electron chi connectivity index (χ1n) is 6.43. The maximum absolute atomic E-state index is 5.85. The van der Waals surface area contributed by atoms with Crippen molar-refractivity contribution in [3.05, 3.63) is 60.9 Å². The summed E-state index contributed by atoms with van der Waals surface area (Å²) in [4.78, 5) is 8.59. The van der Waals surface area contributed by atoms with Crippen LogP contribution in [-0.4, -0.2) is 9.97 Å². The molecule has 0 aliphatic rings. The third kappa shape index (κ3) is 2.92. The molecule has 0 unspecified atom stereocenters. The molecular weight excluding hydrogens is 264 g/mol. The van der Waals surface area contributed by atoms with E-state index >= 15 is 0 Å². The van der Waals surface area contributed by atoms with Gasteiger partial charge in [-0.3, -0.25) is 9.97 Å². The van der Waals surface area contributed by atoms with E-state index in [9.17, 15) is 0 Å². The zero-order chi connectivity index (χ0) is 14.7. The lowest BCUT2D eigenvalue weighted by Crippen LogP contribution is -1.95. The molecule has 0 bridgehead atoms. The Morgan fingerprint density at radius 2 is 1.71 bits per heavy atom. The third-order valence-corrected chi connectivity index (χ3v) is 2.93. The van der Waals surface area contributed by atoms with E-state index in [-0.39, 0.29) is 0 Å². The Morgan fingerprint density at radius 1 is 0.857 bits per heavy atom. The molecule has 4 N–H and O–H groups in total. The maximum Gasteiger partial charge on any atom is 0.150 e. The Balaban J connectivity index is 1.81. The molecular formula is C16H14N4O. The van der Waals surface area contributed by atoms with Gasteiger partial charge in [0.05, 0.1) is 23.3 Å². The van der Waals surface area contributed by atoms with Crippen LogP contribution in [0.4, 0.5) is 11.4 Å². The van der Waals surface area contributed by atoms with Crippen LogP contribution in [0.3, 0.4) is 0 Å². The van der Waals surface area contributed by atoms with Crippen LogP contribution in [0.5, 0.6) is 11.5 Å². The average Bonchev–Trinajstić information content (AvgIpc) is 2.52. The zero-order valence-corrected chi connectivity index (χ0v) is 11.2. The van der Waals surface area contributed by atoms with Crippen LogP contribution >= 0.6 is 0 Å². The van der Waals surface area contributed by atoms with Gasteiger partial charge in [0.2, 0.25) is 0 Å². The molecule has 104 valence electrons. The van der Waals surface area contributed by atoms with Crippen molar-refractivity contribution in [3.63, 3.8) is 0 Å². The van der Waals surface area contributed by atoms with Crippen molar-refractivity contribution >= 4 is 11.4 Å². The fraction of sp³-hybridized carbons (Fsp3) is 0. The van der Waals surface area contributed by atoms with Gasteiger partial charge in [-0.25, -0.2) is 0 Å². The Hall–Kier alpha value is -3.08. The number of ether oxygens (including phenoxy) is 1. The molecule has 0 saturated heterocycles. The molecule has 3 rings (SSSR count). The second kappa shape index (κ2) is 5.50. The smallest absolute Gasteiger partial charge is 0.150 e. The van der Waals surface area contributed by atoms with Crippen LogP contribution in [0.2, 0.25) is 0 Å². The van der Waals surface area contributed by atoms with Crippen LogP contribution in [0.25, 0.3) is 11.4 Å². The van der Waals surface area contributed by atoms with Gasteiger partial charge in [0.25, 0.3) is 0 Å². The van der Waals surface area contributed by atoms with E-state index in [0.29, 0.717) is 22.9 Å². The number of anilines is 2. The first kappa shape index (κ1) is 12.9. The number of hydrogen-bond donors (Lipinski definition) is 2. The lowest BCUT2D eigenvalue weighted by Gasteiger charge is -2.09. The number of nitrogens with two attached hydrogens (primary N) is 2. The van der Waals surface area contributed by atoms with E-state index in [1.165, 1.54) is 0 Å². The van der Waals surface area contributed by atoms with Gasteiger partial charge in [-0.05, 0) is 42.5 Å². The first-order chi connectivity index (χ1) is 10.2. The lowest BCUT2D eigenvalue weighted by molar-refractivity contribution is 0.483. The highest BCUT2D eigenvalue weighted by atomic mass is 16.5. The van der Waals surface area contributed by atoms with Gasteiger partial charge in [0.15, 0.2) is 5.75 Å². The Bertz CT molecular complexity index is 742. The molecule has 0 radical (unpaired) electrons. The van der Waals surface area contributed by atoms with E-state index in [4.69, 9.17) is 16.2 Å². The van der Waals surface area contributed by atoms with Gasteiger partial charge in [-0.15, -0.1) is 0 Å². The minimum atomic E-state index is 0.490. The molecule has 0 fully saturated rings. The predicted molar refractivity (Wildman–Crippen MR) is 82.8 cm³/mol. The quantitative estimate of drug-likeness (QED) is 0.719. The van der Waals surface area contributed by atoms with Crippen LogP contribution < -0.4 is 16.2 Å². The molecule has 0 aliphatic heterocycles. The summed E-state index contributed by atoms with van der Waals surface area (Å²) in [6.45, 7) is 0. The number of nitrogens with zero attached hydrogens (tertiary/aromatic N) is 2. The number of benzene rings is 1. The van der Waals surface area contributed by atoms with Crippen LogP contribution in [0.15, 0.2) is 60.9 Å². The van der Waals surface area contributed by atoms with Crippen molar-refractivity contribution in [2.75, 3.05) is 11.5 Å². The molecule has 2 aromatic heterocycles. The Morgan fingerprint density at radius 3 is 2.38 bits per heavy atom. The number of rotatable bonds is 3. The first-order valence-corrected chi connectivity index (χ1v) is 6.43. The summed E-state index contributed by atoms with van der Waals surface area (Å²) in [7, 11) is 0.